The average Bonchev–Trinajstić information content (AvgIpc) is 2.42. The summed E-state index contributed by atoms with van der Waals surface area (Å²) in [6.07, 6.45) is 4.55. The zero-order chi connectivity index (χ0) is 13.7. The van der Waals surface area contributed by atoms with Crippen molar-refractivity contribution in [3.63, 3.8) is 0 Å². The number of rotatable bonds is 4. The summed E-state index contributed by atoms with van der Waals surface area (Å²) in [5.41, 5.74) is 0. The summed E-state index contributed by atoms with van der Waals surface area (Å²) in [5, 5.41) is 9.01. The third kappa shape index (κ3) is 4.20. The van der Waals surface area contributed by atoms with Gasteiger partial charge in [0.25, 0.3) is 0 Å². The van der Waals surface area contributed by atoms with Gasteiger partial charge in [0.05, 0.1) is 0 Å². The molecule has 0 spiro atoms. The predicted molar refractivity (Wildman–Crippen MR) is 73.5 cm³/mol. The van der Waals surface area contributed by atoms with Gasteiger partial charge in [0.1, 0.15) is 6.04 Å². The van der Waals surface area contributed by atoms with Crippen LogP contribution in [0, 0.1) is 11.8 Å². The lowest BCUT2D eigenvalue weighted by molar-refractivity contribution is -0.130. The van der Waals surface area contributed by atoms with Crippen LogP contribution < -0.4 is 16.0 Å². The van der Waals surface area contributed by atoms with Gasteiger partial charge < -0.3 is 16.0 Å². The fourth-order valence-electron chi connectivity index (χ4n) is 3.04. The molecule has 2 fully saturated rings. The van der Waals surface area contributed by atoms with Crippen LogP contribution >= 0.6 is 0 Å². The lowest BCUT2D eigenvalue weighted by Crippen LogP contribution is -2.50. The lowest BCUT2D eigenvalue weighted by Gasteiger charge is -2.29. The van der Waals surface area contributed by atoms with E-state index in [2.05, 4.69) is 22.9 Å². The van der Waals surface area contributed by atoms with Crippen molar-refractivity contribution < 1.29 is 9.59 Å². The molecule has 0 aliphatic carbocycles. The third-order valence-corrected chi connectivity index (χ3v) is 4.32. The van der Waals surface area contributed by atoms with Gasteiger partial charge in [-0.2, -0.15) is 0 Å². The highest BCUT2D eigenvalue weighted by Gasteiger charge is 2.26. The first-order valence-electron chi connectivity index (χ1n) is 7.44. The van der Waals surface area contributed by atoms with E-state index in [4.69, 9.17) is 0 Å². The van der Waals surface area contributed by atoms with E-state index >= 15 is 0 Å². The summed E-state index contributed by atoms with van der Waals surface area (Å²) >= 11 is 0. The molecule has 0 aromatic rings. The standard InChI is InChI=1S/C14H25N3O2/c1-10(11-4-7-15-8-5-11)9-13(18)17-12-3-2-6-16-14(12)19/h10-12,15H,2-9H2,1H3,(H,16,19)(H,17,18). The number of hydrogen-bond acceptors (Lipinski definition) is 3. The van der Waals surface area contributed by atoms with Gasteiger partial charge in [0, 0.05) is 13.0 Å². The third-order valence-electron chi connectivity index (χ3n) is 4.32. The summed E-state index contributed by atoms with van der Waals surface area (Å²) in [6, 6.07) is -0.318. The summed E-state index contributed by atoms with van der Waals surface area (Å²) in [7, 11) is 0. The molecule has 108 valence electrons. The highest BCUT2D eigenvalue weighted by Crippen LogP contribution is 2.24. The first-order valence-corrected chi connectivity index (χ1v) is 7.44. The largest absolute Gasteiger partial charge is 0.354 e. The second kappa shape index (κ2) is 6.89. The van der Waals surface area contributed by atoms with Crippen LogP contribution in [-0.4, -0.2) is 37.5 Å². The van der Waals surface area contributed by atoms with Crippen LogP contribution in [0.3, 0.4) is 0 Å². The normalized spacial score (nSPS) is 26.6. The minimum Gasteiger partial charge on any atom is -0.354 e. The lowest BCUT2D eigenvalue weighted by atomic mass is 9.84. The number of hydrogen-bond donors (Lipinski definition) is 3. The van der Waals surface area contributed by atoms with Gasteiger partial charge in [-0.25, -0.2) is 0 Å². The van der Waals surface area contributed by atoms with E-state index in [1.165, 1.54) is 0 Å². The Balaban J connectivity index is 1.75. The molecule has 2 aliphatic heterocycles. The Labute approximate surface area is 114 Å². The van der Waals surface area contributed by atoms with Crippen LogP contribution in [-0.2, 0) is 9.59 Å². The Morgan fingerprint density at radius 1 is 1.32 bits per heavy atom. The molecule has 2 saturated heterocycles. The molecule has 5 heteroatoms. The van der Waals surface area contributed by atoms with Crippen molar-refractivity contribution in [1.82, 2.24) is 16.0 Å². The van der Waals surface area contributed by atoms with Gasteiger partial charge >= 0.3 is 0 Å². The van der Waals surface area contributed by atoms with Gasteiger partial charge in [-0.05, 0) is 50.6 Å². The first-order chi connectivity index (χ1) is 9.16. The van der Waals surface area contributed by atoms with Crippen molar-refractivity contribution in [2.45, 2.75) is 45.1 Å². The Morgan fingerprint density at radius 3 is 2.74 bits per heavy atom. The molecule has 0 radical (unpaired) electrons. The van der Waals surface area contributed by atoms with Crippen LogP contribution in [0.15, 0.2) is 0 Å². The molecule has 2 heterocycles. The molecule has 5 nitrogen and oxygen atoms in total. The van der Waals surface area contributed by atoms with Crippen LogP contribution in [0.5, 0.6) is 0 Å². The molecular weight excluding hydrogens is 242 g/mol. The van der Waals surface area contributed by atoms with Crippen molar-refractivity contribution in [3.8, 4) is 0 Å². The SMILES string of the molecule is CC(CC(=O)NC1CCCNC1=O)C1CCNCC1. The summed E-state index contributed by atoms with van der Waals surface area (Å²) in [4.78, 5) is 23.6. The molecule has 0 aromatic heterocycles. The van der Waals surface area contributed by atoms with E-state index < -0.39 is 0 Å². The second-order valence-corrected chi connectivity index (χ2v) is 5.82. The topological polar surface area (TPSA) is 70.2 Å². The molecule has 3 N–H and O–H groups in total. The molecule has 19 heavy (non-hydrogen) atoms. The van der Waals surface area contributed by atoms with Gasteiger partial charge in [-0.1, -0.05) is 6.92 Å². The maximum atomic E-state index is 12.0. The minimum absolute atomic E-state index is 0.0214. The van der Waals surface area contributed by atoms with Gasteiger partial charge in [-0.15, -0.1) is 0 Å². The first kappa shape index (κ1) is 14.3. The van der Waals surface area contributed by atoms with Crippen molar-refractivity contribution in [1.29, 1.82) is 0 Å². The maximum absolute atomic E-state index is 12.0. The van der Waals surface area contributed by atoms with E-state index in [0.29, 0.717) is 18.3 Å². The number of nitrogens with one attached hydrogen (secondary N) is 3. The monoisotopic (exact) mass is 267 g/mol. The molecule has 2 atom stereocenters. The Bertz CT molecular complexity index is 327. The van der Waals surface area contributed by atoms with Crippen molar-refractivity contribution >= 4 is 11.8 Å². The molecule has 0 aromatic carbocycles. The van der Waals surface area contributed by atoms with Gasteiger partial charge in [0.2, 0.25) is 11.8 Å². The van der Waals surface area contributed by atoms with Crippen LogP contribution in [0.25, 0.3) is 0 Å². The smallest absolute Gasteiger partial charge is 0.242 e. The molecule has 2 unspecified atom stereocenters. The number of amides is 2. The minimum atomic E-state index is -0.318. The molecule has 2 rings (SSSR count). The maximum Gasteiger partial charge on any atom is 0.242 e. The predicted octanol–water partition coefficient (Wildman–Crippen LogP) is 0.407. The van der Waals surface area contributed by atoms with Crippen LogP contribution in [0.1, 0.15) is 39.0 Å². The number of carbonyl (C=O) groups excluding carboxylic acids is 2. The molecular formula is C14H25N3O2. The van der Waals surface area contributed by atoms with E-state index in [9.17, 15) is 9.59 Å². The zero-order valence-electron chi connectivity index (χ0n) is 11.7. The number of carbonyl (C=O) groups is 2. The fourth-order valence-corrected chi connectivity index (χ4v) is 3.04. The molecule has 0 bridgehead atoms. The van der Waals surface area contributed by atoms with Gasteiger partial charge in [0.15, 0.2) is 0 Å². The summed E-state index contributed by atoms with van der Waals surface area (Å²) in [6.45, 7) is 5.00. The van der Waals surface area contributed by atoms with Crippen molar-refractivity contribution in [3.05, 3.63) is 0 Å². The van der Waals surface area contributed by atoms with E-state index in [0.717, 1.165) is 45.3 Å². The van der Waals surface area contributed by atoms with Crippen molar-refractivity contribution in [2.24, 2.45) is 11.8 Å². The van der Waals surface area contributed by atoms with E-state index in [1.54, 1.807) is 0 Å². The van der Waals surface area contributed by atoms with E-state index in [-0.39, 0.29) is 17.9 Å². The summed E-state index contributed by atoms with van der Waals surface area (Å²) in [5.74, 6) is 1.02. The molecule has 2 amide bonds. The highest BCUT2D eigenvalue weighted by molar-refractivity contribution is 5.88. The molecule has 0 saturated carbocycles. The van der Waals surface area contributed by atoms with Crippen LogP contribution in [0.4, 0.5) is 0 Å². The Kier molecular flexibility index (Phi) is 5.19. The Hall–Kier alpha value is -1.10. The highest BCUT2D eigenvalue weighted by atomic mass is 16.2. The van der Waals surface area contributed by atoms with Crippen molar-refractivity contribution in [2.75, 3.05) is 19.6 Å². The van der Waals surface area contributed by atoms with E-state index in [1.807, 2.05) is 0 Å². The summed E-state index contributed by atoms with van der Waals surface area (Å²) < 4.78 is 0. The average molecular weight is 267 g/mol. The number of piperidine rings is 2. The molecule has 2 aliphatic rings. The fraction of sp³-hybridized carbons (Fsp3) is 0.857. The quantitative estimate of drug-likeness (QED) is 0.691. The van der Waals surface area contributed by atoms with Crippen LogP contribution in [0.2, 0.25) is 0 Å². The Morgan fingerprint density at radius 2 is 2.05 bits per heavy atom. The second-order valence-electron chi connectivity index (χ2n) is 5.82. The van der Waals surface area contributed by atoms with Gasteiger partial charge in [-0.3, -0.25) is 9.59 Å². The zero-order valence-corrected chi connectivity index (χ0v) is 11.7.